The van der Waals surface area contributed by atoms with E-state index in [1.54, 1.807) is 0 Å². The van der Waals surface area contributed by atoms with Gasteiger partial charge in [0.2, 0.25) is 0 Å². The predicted molar refractivity (Wildman–Crippen MR) is 95.9 cm³/mol. The summed E-state index contributed by atoms with van der Waals surface area (Å²) >= 11 is 0. The van der Waals surface area contributed by atoms with E-state index in [2.05, 4.69) is 36.5 Å². The normalized spacial score (nSPS) is 13.2. The Morgan fingerprint density at radius 1 is 0.958 bits per heavy atom. The molecule has 0 bridgehead atoms. The van der Waals surface area contributed by atoms with Crippen LogP contribution in [0.4, 0.5) is 0 Å². The summed E-state index contributed by atoms with van der Waals surface area (Å²) in [5, 5.41) is 7.16. The maximum Gasteiger partial charge on any atom is 0.260 e. The number of oxime groups is 1. The zero-order valence-corrected chi connectivity index (χ0v) is 14.2. The van der Waals surface area contributed by atoms with Gasteiger partial charge in [-0.3, -0.25) is 4.79 Å². The van der Waals surface area contributed by atoms with Gasteiger partial charge in [0.25, 0.3) is 5.91 Å². The van der Waals surface area contributed by atoms with Crippen LogP contribution in [0.1, 0.15) is 31.9 Å². The molecule has 1 aliphatic carbocycles. The van der Waals surface area contributed by atoms with Crippen LogP contribution < -0.4 is 5.32 Å². The van der Waals surface area contributed by atoms with Gasteiger partial charge in [0.1, 0.15) is 5.71 Å². The first-order valence-electron chi connectivity index (χ1n) is 8.26. The first-order valence-corrected chi connectivity index (χ1v) is 8.26. The van der Waals surface area contributed by atoms with E-state index in [9.17, 15) is 4.79 Å². The Kier molecular flexibility index (Phi) is 4.65. The zero-order valence-electron chi connectivity index (χ0n) is 14.2. The van der Waals surface area contributed by atoms with Gasteiger partial charge in [-0.15, -0.1) is 0 Å². The van der Waals surface area contributed by atoms with E-state index < -0.39 is 0 Å². The van der Waals surface area contributed by atoms with Gasteiger partial charge >= 0.3 is 0 Å². The minimum atomic E-state index is -0.153. The molecule has 4 heteroatoms. The van der Waals surface area contributed by atoms with E-state index in [-0.39, 0.29) is 18.6 Å². The number of hydrogen-bond acceptors (Lipinski definition) is 3. The fourth-order valence-electron chi connectivity index (χ4n) is 2.71. The molecule has 0 fully saturated rings. The lowest BCUT2D eigenvalue weighted by atomic mass is 10.1. The molecule has 3 rings (SSSR count). The Morgan fingerprint density at radius 3 is 1.96 bits per heavy atom. The van der Waals surface area contributed by atoms with Gasteiger partial charge < -0.3 is 10.2 Å². The number of benzene rings is 2. The van der Waals surface area contributed by atoms with Crippen molar-refractivity contribution in [3.8, 4) is 11.1 Å². The summed E-state index contributed by atoms with van der Waals surface area (Å²) in [5.41, 5.74) is 5.15. The summed E-state index contributed by atoms with van der Waals surface area (Å²) in [4.78, 5) is 17.3. The average Bonchev–Trinajstić information content (AvgIpc) is 2.89. The van der Waals surface area contributed by atoms with Gasteiger partial charge in [-0.2, -0.15) is 0 Å². The Bertz CT molecular complexity index is 733. The van der Waals surface area contributed by atoms with Crippen molar-refractivity contribution in [1.29, 1.82) is 0 Å². The SMILES string of the molecule is CC(C)[C@@H](C)NC(=O)CON=C1c2ccccc2-c2ccccc21. The van der Waals surface area contributed by atoms with Gasteiger partial charge in [0.05, 0.1) is 0 Å². The molecule has 2 aromatic carbocycles. The number of amides is 1. The van der Waals surface area contributed by atoms with Gasteiger partial charge in [0.15, 0.2) is 6.61 Å². The minimum absolute atomic E-state index is 0.0785. The standard InChI is InChI=1S/C20H22N2O2/c1-13(2)14(3)21-19(23)12-24-22-20-17-10-6-4-8-15(17)16-9-5-7-11-18(16)20/h4-11,13-14H,12H2,1-3H3,(H,21,23)/t14-/m1/s1. The van der Waals surface area contributed by atoms with Crippen molar-refractivity contribution in [3.05, 3.63) is 59.7 Å². The van der Waals surface area contributed by atoms with E-state index in [1.165, 1.54) is 0 Å². The highest BCUT2D eigenvalue weighted by Gasteiger charge is 2.24. The highest BCUT2D eigenvalue weighted by molar-refractivity contribution is 6.24. The van der Waals surface area contributed by atoms with Crippen LogP contribution in [0.3, 0.4) is 0 Å². The second-order valence-corrected chi connectivity index (χ2v) is 6.40. The number of fused-ring (bicyclic) bond motifs is 3. The van der Waals surface area contributed by atoms with Crippen LogP contribution in [0.15, 0.2) is 53.7 Å². The summed E-state index contributed by atoms with van der Waals surface area (Å²) in [6.07, 6.45) is 0. The molecule has 124 valence electrons. The molecule has 0 radical (unpaired) electrons. The van der Waals surface area contributed by atoms with Crippen LogP contribution in [-0.2, 0) is 9.63 Å². The number of carbonyl (C=O) groups is 1. The van der Waals surface area contributed by atoms with E-state index in [1.807, 2.05) is 43.3 Å². The average molecular weight is 322 g/mol. The number of rotatable bonds is 5. The van der Waals surface area contributed by atoms with E-state index in [0.717, 1.165) is 28.0 Å². The third-order valence-corrected chi connectivity index (χ3v) is 4.39. The molecule has 4 nitrogen and oxygen atoms in total. The number of nitrogens with one attached hydrogen (secondary N) is 1. The van der Waals surface area contributed by atoms with Crippen molar-refractivity contribution < 1.29 is 9.63 Å². The van der Waals surface area contributed by atoms with Crippen molar-refractivity contribution in [2.24, 2.45) is 11.1 Å². The molecule has 0 saturated carbocycles. The summed E-state index contributed by atoms with van der Waals surface area (Å²) < 4.78 is 0. The van der Waals surface area contributed by atoms with Gasteiger partial charge in [-0.25, -0.2) is 0 Å². The van der Waals surface area contributed by atoms with Crippen LogP contribution in [0.2, 0.25) is 0 Å². The Hall–Kier alpha value is -2.62. The van der Waals surface area contributed by atoms with Crippen LogP contribution in [0, 0.1) is 5.92 Å². The molecule has 0 aromatic heterocycles. The first kappa shape index (κ1) is 16.2. The van der Waals surface area contributed by atoms with Crippen molar-refractivity contribution in [2.75, 3.05) is 6.61 Å². The lowest BCUT2D eigenvalue weighted by Crippen LogP contribution is -2.38. The second-order valence-electron chi connectivity index (χ2n) is 6.40. The molecule has 1 aliphatic rings. The van der Waals surface area contributed by atoms with Crippen LogP contribution >= 0.6 is 0 Å². The molecular formula is C20H22N2O2. The van der Waals surface area contributed by atoms with Crippen LogP contribution in [-0.4, -0.2) is 24.3 Å². The lowest BCUT2D eigenvalue weighted by molar-refractivity contribution is -0.126. The number of carbonyl (C=O) groups excluding carboxylic acids is 1. The summed E-state index contributed by atoms with van der Waals surface area (Å²) in [6.45, 7) is 6.04. The maximum atomic E-state index is 11.9. The molecule has 0 unspecified atom stereocenters. The summed E-state index contributed by atoms with van der Waals surface area (Å²) in [6, 6.07) is 16.3. The monoisotopic (exact) mass is 322 g/mol. The van der Waals surface area contributed by atoms with Gasteiger partial charge in [-0.05, 0) is 24.0 Å². The molecule has 24 heavy (non-hydrogen) atoms. The zero-order chi connectivity index (χ0) is 17.1. The van der Waals surface area contributed by atoms with Gasteiger partial charge in [0, 0.05) is 17.2 Å². The molecule has 0 aliphatic heterocycles. The smallest absolute Gasteiger partial charge is 0.260 e. The van der Waals surface area contributed by atoms with Crippen LogP contribution in [0.5, 0.6) is 0 Å². The molecule has 0 heterocycles. The van der Waals surface area contributed by atoms with Gasteiger partial charge in [-0.1, -0.05) is 67.5 Å². The van der Waals surface area contributed by atoms with Crippen LogP contribution in [0.25, 0.3) is 11.1 Å². The van der Waals surface area contributed by atoms with Crippen molar-refractivity contribution in [3.63, 3.8) is 0 Å². The topological polar surface area (TPSA) is 50.7 Å². The molecule has 0 saturated heterocycles. The van der Waals surface area contributed by atoms with Crippen molar-refractivity contribution >= 4 is 11.6 Å². The predicted octanol–water partition coefficient (Wildman–Crippen LogP) is 3.60. The van der Waals surface area contributed by atoms with E-state index >= 15 is 0 Å². The molecule has 0 spiro atoms. The quantitative estimate of drug-likeness (QED) is 0.730. The molecule has 1 atom stereocenters. The molecular weight excluding hydrogens is 300 g/mol. The Balaban J connectivity index is 1.75. The van der Waals surface area contributed by atoms with E-state index in [0.29, 0.717) is 5.92 Å². The van der Waals surface area contributed by atoms with E-state index in [4.69, 9.17) is 4.84 Å². The minimum Gasteiger partial charge on any atom is -0.385 e. The highest BCUT2D eigenvalue weighted by Crippen LogP contribution is 2.36. The number of hydrogen-bond donors (Lipinski definition) is 1. The lowest BCUT2D eigenvalue weighted by Gasteiger charge is -2.16. The largest absolute Gasteiger partial charge is 0.385 e. The highest BCUT2D eigenvalue weighted by atomic mass is 16.6. The third kappa shape index (κ3) is 3.18. The first-order chi connectivity index (χ1) is 11.6. The second kappa shape index (κ2) is 6.87. The summed E-state index contributed by atoms with van der Waals surface area (Å²) in [7, 11) is 0. The third-order valence-electron chi connectivity index (χ3n) is 4.39. The summed E-state index contributed by atoms with van der Waals surface area (Å²) in [5.74, 6) is 0.231. The fourth-order valence-corrected chi connectivity index (χ4v) is 2.71. The molecule has 1 N–H and O–H groups in total. The Labute approximate surface area is 142 Å². The molecule has 2 aromatic rings. The molecule has 1 amide bonds. The Morgan fingerprint density at radius 2 is 1.46 bits per heavy atom. The van der Waals surface area contributed by atoms with Crippen molar-refractivity contribution in [2.45, 2.75) is 26.8 Å². The van der Waals surface area contributed by atoms with Crippen molar-refractivity contribution in [1.82, 2.24) is 5.32 Å². The number of nitrogens with zero attached hydrogens (tertiary/aromatic N) is 1. The fraction of sp³-hybridized carbons (Fsp3) is 0.300. The maximum absolute atomic E-state index is 11.9.